The summed E-state index contributed by atoms with van der Waals surface area (Å²) in [5.41, 5.74) is 0. The first-order chi connectivity index (χ1) is 7.68. The second-order valence-electron chi connectivity index (χ2n) is 4.86. The summed E-state index contributed by atoms with van der Waals surface area (Å²) >= 11 is 1.82. The predicted molar refractivity (Wildman–Crippen MR) is 67.5 cm³/mol. The summed E-state index contributed by atoms with van der Waals surface area (Å²) in [7, 11) is 4.15. The molecule has 0 aliphatic carbocycles. The topological polar surface area (TPSA) is 35.6 Å². The van der Waals surface area contributed by atoms with E-state index in [0.29, 0.717) is 11.9 Å². The van der Waals surface area contributed by atoms with E-state index >= 15 is 0 Å². The quantitative estimate of drug-likeness (QED) is 0.768. The van der Waals surface area contributed by atoms with Crippen LogP contribution >= 0.6 is 11.8 Å². The molecule has 1 N–H and O–H groups in total. The van der Waals surface area contributed by atoms with Crippen molar-refractivity contribution in [2.24, 2.45) is 0 Å². The van der Waals surface area contributed by atoms with E-state index in [0.717, 1.165) is 37.6 Å². The number of likely N-dealkylation sites (N-methyl/N-ethyl adjacent to an activating group) is 1. The molecule has 2 heterocycles. The van der Waals surface area contributed by atoms with E-state index in [1.807, 2.05) is 11.8 Å². The van der Waals surface area contributed by atoms with E-state index in [9.17, 15) is 4.79 Å². The van der Waals surface area contributed by atoms with Gasteiger partial charge in [-0.2, -0.15) is 0 Å². The van der Waals surface area contributed by atoms with Gasteiger partial charge < -0.3 is 9.80 Å². The largest absolute Gasteiger partial charge is 0.337 e. The van der Waals surface area contributed by atoms with Crippen molar-refractivity contribution in [2.75, 3.05) is 38.8 Å². The van der Waals surface area contributed by atoms with E-state index in [-0.39, 0.29) is 6.04 Å². The SMILES string of the molecule is CN(C)CC1CCCN1C(=O)C1CSCN1. The summed E-state index contributed by atoms with van der Waals surface area (Å²) in [4.78, 5) is 16.5. The van der Waals surface area contributed by atoms with Gasteiger partial charge in [0.2, 0.25) is 5.91 Å². The van der Waals surface area contributed by atoms with Crippen molar-refractivity contribution in [1.29, 1.82) is 0 Å². The van der Waals surface area contributed by atoms with E-state index < -0.39 is 0 Å². The number of hydrogen-bond acceptors (Lipinski definition) is 4. The number of nitrogens with zero attached hydrogens (tertiary/aromatic N) is 2. The smallest absolute Gasteiger partial charge is 0.240 e. The Kier molecular flexibility index (Phi) is 4.10. The summed E-state index contributed by atoms with van der Waals surface area (Å²) in [6.07, 6.45) is 2.31. The summed E-state index contributed by atoms with van der Waals surface area (Å²) in [5.74, 6) is 2.17. The molecule has 2 saturated heterocycles. The van der Waals surface area contributed by atoms with E-state index in [2.05, 4.69) is 29.2 Å². The Hall–Kier alpha value is -0.260. The molecule has 2 aliphatic rings. The van der Waals surface area contributed by atoms with Crippen LogP contribution in [0.4, 0.5) is 0 Å². The van der Waals surface area contributed by atoms with Crippen LogP contribution in [0.15, 0.2) is 0 Å². The van der Waals surface area contributed by atoms with Crippen LogP contribution < -0.4 is 5.32 Å². The van der Waals surface area contributed by atoms with Crippen LogP contribution in [0.2, 0.25) is 0 Å². The fraction of sp³-hybridized carbons (Fsp3) is 0.909. The van der Waals surface area contributed by atoms with Crippen molar-refractivity contribution in [3.63, 3.8) is 0 Å². The van der Waals surface area contributed by atoms with Gasteiger partial charge in [-0.1, -0.05) is 0 Å². The minimum Gasteiger partial charge on any atom is -0.337 e. The van der Waals surface area contributed by atoms with Gasteiger partial charge in [0.25, 0.3) is 0 Å². The van der Waals surface area contributed by atoms with Gasteiger partial charge in [0, 0.05) is 30.8 Å². The molecule has 2 aliphatic heterocycles. The molecule has 92 valence electrons. The molecule has 0 spiro atoms. The Balaban J connectivity index is 1.93. The number of carbonyl (C=O) groups excluding carboxylic acids is 1. The summed E-state index contributed by atoms with van der Waals surface area (Å²) in [5, 5.41) is 3.27. The van der Waals surface area contributed by atoms with Gasteiger partial charge in [0.05, 0.1) is 6.04 Å². The molecule has 5 heteroatoms. The highest BCUT2D eigenvalue weighted by atomic mass is 32.2. The van der Waals surface area contributed by atoms with Crippen molar-refractivity contribution in [3.05, 3.63) is 0 Å². The zero-order valence-electron chi connectivity index (χ0n) is 10.1. The number of amides is 1. The Morgan fingerprint density at radius 3 is 3.00 bits per heavy atom. The van der Waals surface area contributed by atoms with Crippen LogP contribution in [0.5, 0.6) is 0 Å². The highest BCUT2D eigenvalue weighted by Gasteiger charge is 2.34. The van der Waals surface area contributed by atoms with Crippen molar-refractivity contribution in [2.45, 2.75) is 24.9 Å². The maximum Gasteiger partial charge on any atom is 0.240 e. The summed E-state index contributed by atoms with van der Waals surface area (Å²) < 4.78 is 0. The zero-order valence-corrected chi connectivity index (χ0v) is 10.9. The normalized spacial score (nSPS) is 30.3. The molecule has 4 nitrogen and oxygen atoms in total. The minimum absolute atomic E-state index is 0.0627. The maximum absolute atomic E-state index is 12.3. The molecule has 16 heavy (non-hydrogen) atoms. The number of carbonyl (C=O) groups is 1. The monoisotopic (exact) mass is 243 g/mol. The molecule has 0 aromatic rings. The zero-order chi connectivity index (χ0) is 11.5. The molecule has 2 unspecified atom stereocenters. The summed E-state index contributed by atoms with van der Waals surface area (Å²) in [6, 6.07) is 0.489. The third-order valence-electron chi connectivity index (χ3n) is 3.25. The Morgan fingerprint density at radius 1 is 1.56 bits per heavy atom. The van der Waals surface area contributed by atoms with Gasteiger partial charge in [-0.25, -0.2) is 0 Å². The average Bonchev–Trinajstić information content (AvgIpc) is 2.84. The molecular weight excluding hydrogens is 222 g/mol. The number of rotatable bonds is 3. The fourth-order valence-corrected chi connectivity index (χ4v) is 3.42. The van der Waals surface area contributed by atoms with Crippen LogP contribution in [0.25, 0.3) is 0 Å². The lowest BCUT2D eigenvalue weighted by atomic mass is 10.2. The number of hydrogen-bond donors (Lipinski definition) is 1. The van der Waals surface area contributed by atoms with E-state index in [1.165, 1.54) is 0 Å². The van der Waals surface area contributed by atoms with Gasteiger partial charge >= 0.3 is 0 Å². The van der Waals surface area contributed by atoms with Crippen molar-refractivity contribution < 1.29 is 4.79 Å². The molecular formula is C11H21N3OS. The van der Waals surface area contributed by atoms with Gasteiger partial charge in [-0.05, 0) is 26.9 Å². The maximum atomic E-state index is 12.3. The van der Waals surface area contributed by atoms with Gasteiger partial charge in [-0.3, -0.25) is 10.1 Å². The van der Waals surface area contributed by atoms with Gasteiger partial charge in [0.15, 0.2) is 0 Å². The first-order valence-corrected chi connectivity index (χ1v) is 7.10. The first kappa shape index (κ1) is 12.2. The standard InChI is InChI=1S/C11H21N3OS/c1-13(2)6-9-4-3-5-14(9)11(15)10-7-16-8-12-10/h9-10,12H,3-8H2,1-2H3. The number of nitrogens with one attached hydrogen (secondary N) is 1. The molecule has 0 aromatic heterocycles. The first-order valence-electron chi connectivity index (χ1n) is 5.95. The van der Waals surface area contributed by atoms with E-state index in [1.54, 1.807) is 0 Å². The lowest BCUT2D eigenvalue weighted by molar-refractivity contribution is -0.133. The summed E-state index contributed by atoms with van der Waals surface area (Å²) in [6.45, 7) is 1.94. The molecule has 0 bridgehead atoms. The minimum atomic E-state index is 0.0627. The number of likely N-dealkylation sites (tertiary alicyclic amines) is 1. The fourth-order valence-electron chi connectivity index (χ4n) is 2.49. The van der Waals surface area contributed by atoms with Crippen LogP contribution in [-0.2, 0) is 4.79 Å². The Morgan fingerprint density at radius 2 is 2.38 bits per heavy atom. The van der Waals surface area contributed by atoms with Crippen molar-refractivity contribution in [1.82, 2.24) is 15.1 Å². The van der Waals surface area contributed by atoms with Crippen LogP contribution in [0.3, 0.4) is 0 Å². The molecule has 0 aromatic carbocycles. The van der Waals surface area contributed by atoms with Crippen LogP contribution in [-0.4, -0.2) is 66.6 Å². The van der Waals surface area contributed by atoms with Gasteiger partial charge in [-0.15, -0.1) is 11.8 Å². The average molecular weight is 243 g/mol. The lowest BCUT2D eigenvalue weighted by Crippen LogP contribution is -2.49. The third-order valence-corrected chi connectivity index (χ3v) is 4.19. The Labute approximate surface area is 102 Å². The van der Waals surface area contributed by atoms with Crippen molar-refractivity contribution in [3.8, 4) is 0 Å². The van der Waals surface area contributed by atoms with E-state index in [4.69, 9.17) is 0 Å². The molecule has 0 radical (unpaired) electrons. The highest BCUT2D eigenvalue weighted by Crippen LogP contribution is 2.21. The lowest BCUT2D eigenvalue weighted by Gasteiger charge is -2.29. The Bertz CT molecular complexity index is 254. The number of thioether (sulfide) groups is 1. The molecule has 2 rings (SSSR count). The van der Waals surface area contributed by atoms with Crippen molar-refractivity contribution >= 4 is 17.7 Å². The second kappa shape index (κ2) is 5.38. The van der Waals surface area contributed by atoms with Gasteiger partial charge in [0.1, 0.15) is 0 Å². The molecule has 1 amide bonds. The second-order valence-corrected chi connectivity index (χ2v) is 5.89. The predicted octanol–water partition coefficient (Wildman–Crippen LogP) is 0.202. The van der Waals surface area contributed by atoms with Crippen LogP contribution in [0, 0.1) is 0 Å². The third kappa shape index (κ3) is 2.70. The molecule has 2 fully saturated rings. The van der Waals surface area contributed by atoms with Crippen LogP contribution in [0.1, 0.15) is 12.8 Å². The molecule has 0 saturated carbocycles. The molecule has 2 atom stereocenters. The highest BCUT2D eigenvalue weighted by molar-refractivity contribution is 7.99.